The van der Waals surface area contributed by atoms with Crippen LogP contribution in [0.25, 0.3) is 0 Å². The van der Waals surface area contributed by atoms with Crippen LogP contribution in [0.2, 0.25) is 0 Å². The number of piperidine rings is 1. The summed E-state index contributed by atoms with van der Waals surface area (Å²) in [6.45, 7) is 5.47. The second-order valence-corrected chi connectivity index (χ2v) is 8.68. The monoisotopic (exact) mass is 403 g/mol. The van der Waals surface area contributed by atoms with Crippen LogP contribution in [-0.2, 0) is 21.4 Å². The summed E-state index contributed by atoms with van der Waals surface area (Å²) >= 11 is 0. The Kier molecular flexibility index (Phi) is 9.03. The fourth-order valence-corrected chi connectivity index (χ4v) is 4.37. The minimum atomic E-state index is -3.41. The van der Waals surface area contributed by atoms with Gasteiger partial charge in [0.2, 0.25) is 15.9 Å². The molecule has 1 heterocycles. The maximum absolute atomic E-state index is 12.6. The van der Waals surface area contributed by atoms with E-state index in [-0.39, 0.29) is 24.2 Å². The molecule has 0 radical (unpaired) electrons. The number of carbonyl (C=O) groups is 1. The fraction of sp³-hybridized carbons (Fsp3) is 0.611. The SMILES string of the molecule is CCC(C)C(N)C(=O)NCc1ccc(S(=O)(=O)N2CCCCC2)cc1.Cl. The van der Waals surface area contributed by atoms with Crippen molar-refractivity contribution in [1.82, 2.24) is 9.62 Å². The zero-order valence-corrected chi connectivity index (χ0v) is 17.1. The first-order valence-electron chi connectivity index (χ1n) is 8.98. The summed E-state index contributed by atoms with van der Waals surface area (Å²) in [4.78, 5) is 12.3. The second-order valence-electron chi connectivity index (χ2n) is 6.74. The van der Waals surface area contributed by atoms with Gasteiger partial charge in [-0.3, -0.25) is 4.79 Å². The predicted octanol–water partition coefficient (Wildman–Crippen LogP) is 2.27. The van der Waals surface area contributed by atoms with Crippen molar-refractivity contribution in [2.45, 2.75) is 57.0 Å². The molecule has 1 fully saturated rings. The third-order valence-electron chi connectivity index (χ3n) is 4.90. The molecule has 3 N–H and O–H groups in total. The van der Waals surface area contributed by atoms with E-state index in [1.165, 1.54) is 0 Å². The highest BCUT2D eigenvalue weighted by molar-refractivity contribution is 7.89. The van der Waals surface area contributed by atoms with Gasteiger partial charge >= 0.3 is 0 Å². The average molecular weight is 404 g/mol. The van der Waals surface area contributed by atoms with E-state index in [4.69, 9.17) is 5.73 Å². The van der Waals surface area contributed by atoms with Crippen LogP contribution < -0.4 is 11.1 Å². The second kappa shape index (κ2) is 10.3. The van der Waals surface area contributed by atoms with E-state index < -0.39 is 16.1 Å². The van der Waals surface area contributed by atoms with E-state index in [2.05, 4.69) is 5.32 Å². The average Bonchev–Trinajstić information content (AvgIpc) is 2.65. The first-order valence-corrected chi connectivity index (χ1v) is 10.4. The van der Waals surface area contributed by atoms with Crippen LogP contribution in [0.5, 0.6) is 0 Å². The molecule has 1 aromatic rings. The number of amides is 1. The van der Waals surface area contributed by atoms with E-state index in [1.807, 2.05) is 13.8 Å². The Balaban J connectivity index is 0.00000338. The molecule has 8 heteroatoms. The number of carbonyl (C=O) groups excluding carboxylic acids is 1. The van der Waals surface area contributed by atoms with Gasteiger partial charge < -0.3 is 11.1 Å². The molecule has 0 bridgehead atoms. The number of nitrogens with one attached hydrogen (secondary N) is 1. The van der Waals surface area contributed by atoms with Gasteiger partial charge in [0.25, 0.3) is 0 Å². The Morgan fingerprint density at radius 2 is 1.77 bits per heavy atom. The topological polar surface area (TPSA) is 92.5 Å². The number of rotatable bonds is 7. The van der Waals surface area contributed by atoms with Crippen LogP contribution in [0.15, 0.2) is 29.2 Å². The summed E-state index contributed by atoms with van der Waals surface area (Å²) in [6.07, 6.45) is 3.76. The molecule has 148 valence electrons. The van der Waals surface area contributed by atoms with Crippen molar-refractivity contribution >= 4 is 28.3 Å². The predicted molar refractivity (Wildman–Crippen MR) is 106 cm³/mol. The highest BCUT2D eigenvalue weighted by Gasteiger charge is 2.25. The molecule has 26 heavy (non-hydrogen) atoms. The van der Waals surface area contributed by atoms with Crippen LogP contribution in [0, 0.1) is 5.92 Å². The lowest BCUT2D eigenvalue weighted by Crippen LogP contribution is -2.44. The number of hydrogen-bond donors (Lipinski definition) is 2. The standard InChI is InChI=1S/C18H29N3O3S.ClH/c1-3-14(2)17(19)18(22)20-13-15-7-9-16(10-8-15)25(23,24)21-11-5-4-6-12-21;/h7-10,14,17H,3-6,11-13,19H2,1-2H3,(H,20,22);1H. The summed E-state index contributed by atoms with van der Waals surface area (Å²) in [5, 5.41) is 2.81. The van der Waals surface area contributed by atoms with Crippen LogP contribution in [0.3, 0.4) is 0 Å². The minimum absolute atomic E-state index is 0. The van der Waals surface area contributed by atoms with E-state index in [0.29, 0.717) is 24.5 Å². The van der Waals surface area contributed by atoms with Crippen molar-refractivity contribution in [3.05, 3.63) is 29.8 Å². The largest absolute Gasteiger partial charge is 0.351 e. The highest BCUT2D eigenvalue weighted by Crippen LogP contribution is 2.20. The third kappa shape index (κ3) is 5.67. The lowest BCUT2D eigenvalue weighted by molar-refractivity contribution is -0.123. The molecular formula is C18H30ClN3O3S. The molecule has 1 amide bonds. The number of nitrogens with zero attached hydrogens (tertiary/aromatic N) is 1. The molecule has 2 rings (SSSR count). The Morgan fingerprint density at radius 1 is 1.19 bits per heavy atom. The first kappa shape index (κ1) is 22.9. The smallest absolute Gasteiger partial charge is 0.243 e. The van der Waals surface area contributed by atoms with Crippen molar-refractivity contribution < 1.29 is 13.2 Å². The molecule has 1 aliphatic rings. The summed E-state index contributed by atoms with van der Waals surface area (Å²) in [7, 11) is -3.41. The maximum atomic E-state index is 12.6. The number of benzene rings is 1. The minimum Gasteiger partial charge on any atom is -0.351 e. The maximum Gasteiger partial charge on any atom is 0.243 e. The molecule has 1 aliphatic heterocycles. The van der Waals surface area contributed by atoms with Gasteiger partial charge in [-0.15, -0.1) is 12.4 Å². The van der Waals surface area contributed by atoms with E-state index in [1.54, 1.807) is 28.6 Å². The van der Waals surface area contributed by atoms with Crippen LogP contribution in [-0.4, -0.2) is 37.8 Å². The highest BCUT2D eigenvalue weighted by atomic mass is 35.5. The van der Waals surface area contributed by atoms with Crippen molar-refractivity contribution in [2.75, 3.05) is 13.1 Å². The van der Waals surface area contributed by atoms with E-state index in [0.717, 1.165) is 31.2 Å². The molecule has 0 spiro atoms. The van der Waals surface area contributed by atoms with Crippen LogP contribution >= 0.6 is 12.4 Å². The van der Waals surface area contributed by atoms with Crippen LogP contribution in [0.1, 0.15) is 45.1 Å². The molecule has 2 atom stereocenters. The quantitative estimate of drug-likeness (QED) is 0.730. The summed E-state index contributed by atoms with van der Waals surface area (Å²) in [5.74, 6) is -0.0589. The van der Waals surface area contributed by atoms with Gasteiger partial charge in [-0.1, -0.05) is 38.8 Å². The molecule has 6 nitrogen and oxygen atoms in total. The first-order chi connectivity index (χ1) is 11.9. The lowest BCUT2D eigenvalue weighted by atomic mass is 9.99. The molecule has 1 aromatic carbocycles. The Labute approximate surface area is 163 Å². The van der Waals surface area contributed by atoms with Gasteiger partial charge in [0.1, 0.15) is 0 Å². The van der Waals surface area contributed by atoms with Gasteiger partial charge in [0.05, 0.1) is 10.9 Å². The molecular weight excluding hydrogens is 374 g/mol. The van der Waals surface area contributed by atoms with Crippen molar-refractivity contribution in [3.8, 4) is 0 Å². The van der Waals surface area contributed by atoms with Gasteiger partial charge in [-0.25, -0.2) is 8.42 Å². The third-order valence-corrected chi connectivity index (χ3v) is 6.82. The molecule has 0 aliphatic carbocycles. The zero-order valence-electron chi connectivity index (χ0n) is 15.5. The lowest BCUT2D eigenvalue weighted by Gasteiger charge is -2.25. The van der Waals surface area contributed by atoms with Gasteiger partial charge in [0, 0.05) is 19.6 Å². The Bertz CT molecular complexity index is 673. The number of nitrogens with two attached hydrogens (primary N) is 1. The normalized spacial score (nSPS) is 17.8. The zero-order chi connectivity index (χ0) is 18.4. The van der Waals surface area contributed by atoms with Crippen molar-refractivity contribution in [1.29, 1.82) is 0 Å². The van der Waals surface area contributed by atoms with Gasteiger partial charge in [0.15, 0.2) is 0 Å². The number of halogens is 1. The van der Waals surface area contributed by atoms with Crippen molar-refractivity contribution in [3.63, 3.8) is 0 Å². The van der Waals surface area contributed by atoms with E-state index in [9.17, 15) is 13.2 Å². The fourth-order valence-electron chi connectivity index (χ4n) is 2.85. The number of sulfonamides is 1. The Morgan fingerprint density at radius 3 is 2.31 bits per heavy atom. The van der Waals surface area contributed by atoms with Gasteiger partial charge in [-0.2, -0.15) is 4.31 Å². The molecule has 0 saturated carbocycles. The van der Waals surface area contributed by atoms with Crippen LogP contribution in [0.4, 0.5) is 0 Å². The van der Waals surface area contributed by atoms with Gasteiger partial charge in [-0.05, 0) is 36.5 Å². The van der Waals surface area contributed by atoms with E-state index >= 15 is 0 Å². The molecule has 0 aromatic heterocycles. The Hall–Kier alpha value is -1.15. The summed E-state index contributed by atoms with van der Waals surface area (Å²) in [6, 6.07) is 6.18. The summed E-state index contributed by atoms with van der Waals surface area (Å²) in [5.41, 5.74) is 6.75. The summed E-state index contributed by atoms with van der Waals surface area (Å²) < 4.78 is 26.8. The number of hydrogen-bond acceptors (Lipinski definition) is 4. The molecule has 2 unspecified atom stereocenters. The van der Waals surface area contributed by atoms with Crippen molar-refractivity contribution in [2.24, 2.45) is 11.7 Å². The molecule has 1 saturated heterocycles.